The molecule has 0 atom stereocenters. The fourth-order valence-electron chi connectivity index (χ4n) is 2.74. The van der Waals surface area contributed by atoms with Gasteiger partial charge in [0.1, 0.15) is 12.1 Å². The van der Waals surface area contributed by atoms with Crippen molar-refractivity contribution < 1.29 is 0 Å². The molecule has 108 valence electrons. The van der Waals surface area contributed by atoms with E-state index in [1.54, 1.807) is 6.33 Å². The minimum absolute atomic E-state index is 0.670. The number of rotatable bonds is 3. The van der Waals surface area contributed by atoms with Gasteiger partial charge in [-0.1, -0.05) is 0 Å². The van der Waals surface area contributed by atoms with Crippen LogP contribution in [0.25, 0.3) is 5.78 Å². The Labute approximate surface area is 118 Å². The SMILES string of the molecule is Cc1cc(N2CCCN(CCN)CC2)n2ncnc2n1. The molecule has 20 heavy (non-hydrogen) atoms. The van der Waals surface area contributed by atoms with Crippen LogP contribution in [-0.2, 0) is 0 Å². The van der Waals surface area contributed by atoms with E-state index in [0.717, 1.165) is 57.2 Å². The van der Waals surface area contributed by atoms with Gasteiger partial charge in [-0.05, 0) is 19.9 Å². The molecule has 1 fully saturated rings. The average molecular weight is 275 g/mol. The molecule has 1 aliphatic rings. The number of hydrogen-bond donors (Lipinski definition) is 1. The summed E-state index contributed by atoms with van der Waals surface area (Å²) in [6.45, 7) is 7.85. The molecule has 2 N–H and O–H groups in total. The van der Waals surface area contributed by atoms with Crippen molar-refractivity contribution in [2.75, 3.05) is 44.2 Å². The van der Waals surface area contributed by atoms with Crippen molar-refractivity contribution in [1.29, 1.82) is 0 Å². The molecule has 0 spiro atoms. The van der Waals surface area contributed by atoms with Crippen LogP contribution in [0.5, 0.6) is 0 Å². The smallest absolute Gasteiger partial charge is 0.254 e. The number of anilines is 1. The summed E-state index contributed by atoms with van der Waals surface area (Å²) in [5.41, 5.74) is 6.63. The maximum absolute atomic E-state index is 5.65. The zero-order chi connectivity index (χ0) is 13.9. The fourth-order valence-corrected chi connectivity index (χ4v) is 2.74. The fraction of sp³-hybridized carbons (Fsp3) is 0.615. The molecule has 0 unspecified atom stereocenters. The second kappa shape index (κ2) is 5.72. The highest BCUT2D eigenvalue weighted by Crippen LogP contribution is 2.17. The molecule has 2 aromatic rings. The van der Waals surface area contributed by atoms with E-state index in [2.05, 4.69) is 30.9 Å². The first-order valence-electron chi connectivity index (χ1n) is 7.12. The summed E-state index contributed by atoms with van der Waals surface area (Å²) in [4.78, 5) is 13.4. The first-order valence-corrected chi connectivity index (χ1v) is 7.12. The Hall–Kier alpha value is -1.73. The van der Waals surface area contributed by atoms with Gasteiger partial charge in [-0.15, -0.1) is 0 Å². The maximum atomic E-state index is 5.65. The van der Waals surface area contributed by atoms with Crippen LogP contribution in [-0.4, -0.2) is 63.8 Å². The van der Waals surface area contributed by atoms with Crippen molar-refractivity contribution in [2.45, 2.75) is 13.3 Å². The van der Waals surface area contributed by atoms with Crippen LogP contribution in [0.4, 0.5) is 5.82 Å². The van der Waals surface area contributed by atoms with E-state index in [0.29, 0.717) is 5.78 Å². The molecule has 0 bridgehead atoms. The lowest BCUT2D eigenvalue weighted by atomic mass is 10.3. The molecule has 1 saturated heterocycles. The van der Waals surface area contributed by atoms with E-state index >= 15 is 0 Å². The third-order valence-corrected chi connectivity index (χ3v) is 3.72. The summed E-state index contributed by atoms with van der Waals surface area (Å²) < 4.78 is 1.82. The van der Waals surface area contributed by atoms with Crippen LogP contribution < -0.4 is 10.6 Å². The van der Waals surface area contributed by atoms with Crippen molar-refractivity contribution in [3.05, 3.63) is 18.1 Å². The molecular weight excluding hydrogens is 254 g/mol. The summed E-state index contributed by atoms with van der Waals surface area (Å²) in [7, 11) is 0. The highest BCUT2D eigenvalue weighted by Gasteiger charge is 2.18. The quantitative estimate of drug-likeness (QED) is 0.843. The zero-order valence-corrected chi connectivity index (χ0v) is 11.9. The van der Waals surface area contributed by atoms with Gasteiger partial charge in [-0.3, -0.25) is 0 Å². The number of fused-ring (bicyclic) bond motifs is 1. The maximum Gasteiger partial charge on any atom is 0.254 e. The minimum Gasteiger partial charge on any atom is -0.355 e. The predicted octanol–water partition coefficient (Wildman–Crippen LogP) is -0.0965. The van der Waals surface area contributed by atoms with Crippen molar-refractivity contribution >= 4 is 11.6 Å². The predicted molar refractivity (Wildman–Crippen MR) is 77.8 cm³/mol. The summed E-state index contributed by atoms with van der Waals surface area (Å²) in [5, 5.41) is 4.29. The molecule has 2 aromatic heterocycles. The first kappa shape index (κ1) is 13.3. The summed E-state index contributed by atoms with van der Waals surface area (Å²) in [5.74, 6) is 1.75. The number of aryl methyl sites for hydroxylation is 1. The Balaban J connectivity index is 1.85. The second-order valence-electron chi connectivity index (χ2n) is 5.20. The van der Waals surface area contributed by atoms with Crippen molar-refractivity contribution in [1.82, 2.24) is 24.5 Å². The van der Waals surface area contributed by atoms with Gasteiger partial charge in [0.25, 0.3) is 5.78 Å². The normalized spacial score (nSPS) is 17.6. The lowest BCUT2D eigenvalue weighted by molar-refractivity contribution is 0.302. The summed E-state index contributed by atoms with van der Waals surface area (Å²) in [6, 6.07) is 2.08. The van der Waals surface area contributed by atoms with E-state index in [4.69, 9.17) is 5.73 Å². The van der Waals surface area contributed by atoms with Gasteiger partial charge >= 0.3 is 0 Å². The van der Waals surface area contributed by atoms with Gasteiger partial charge in [0.2, 0.25) is 0 Å². The van der Waals surface area contributed by atoms with Gasteiger partial charge in [-0.25, -0.2) is 4.98 Å². The molecule has 0 aromatic carbocycles. The van der Waals surface area contributed by atoms with E-state index < -0.39 is 0 Å². The largest absolute Gasteiger partial charge is 0.355 e. The average Bonchev–Trinajstić information content (AvgIpc) is 2.77. The molecule has 7 nitrogen and oxygen atoms in total. The van der Waals surface area contributed by atoms with E-state index in [9.17, 15) is 0 Å². The Bertz CT molecular complexity index is 579. The molecule has 7 heteroatoms. The molecule has 3 heterocycles. The van der Waals surface area contributed by atoms with Crippen LogP contribution >= 0.6 is 0 Å². The molecule has 0 saturated carbocycles. The lowest BCUT2D eigenvalue weighted by Crippen LogP contribution is -2.34. The van der Waals surface area contributed by atoms with E-state index in [-0.39, 0.29) is 0 Å². The van der Waals surface area contributed by atoms with Gasteiger partial charge in [0.05, 0.1) is 0 Å². The van der Waals surface area contributed by atoms with Crippen LogP contribution in [0.1, 0.15) is 12.1 Å². The Kier molecular flexibility index (Phi) is 3.79. The topological polar surface area (TPSA) is 75.6 Å². The molecule has 0 amide bonds. The summed E-state index contributed by atoms with van der Waals surface area (Å²) >= 11 is 0. The highest BCUT2D eigenvalue weighted by molar-refractivity contribution is 5.47. The van der Waals surface area contributed by atoms with Crippen LogP contribution in [0.2, 0.25) is 0 Å². The Morgan fingerprint density at radius 2 is 2.15 bits per heavy atom. The molecular formula is C13H21N7. The number of nitrogens with two attached hydrogens (primary N) is 1. The monoisotopic (exact) mass is 275 g/mol. The molecule has 3 rings (SSSR count). The molecule has 1 aliphatic heterocycles. The van der Waals surface area contributed by atoms with E-state index in [1.165, 1.54) is 0 Å². The Morgan fingerprint density at radius 3 is 3.00 bits per heavy atom. The zero-order valence-electron chi connectivity index (χ0n) is 11.9. The third kappa shape index (κ3) is 2.59. The lowest BCUT2D eigenvalue weighted by Gasteiger charge is -2.23. The van der Waals surface area contributed by atoms with Gasteiger partial charge in [0, 0.05) is 44.5 Å². The van der Waals surface area contributed by atoms with Gasteiger partial charge < -0.3 is 15.5 Å². The van der Waals surface area contributed by atoms with Crippen molar-refractivity contribution in [3.8, 4) is 0 Å². The number of hydrogen-bond acceptors (Lipinski definition) is 6. The number of aromatic nitrogens is 4. The summed E-state index contributed by atoms with van der Waals surface area (Å²) in [6.07, 6.45) is 2.70. The Morgan fingerprint density at radius 1 is 1.25 bits per heavy atom. The van der Waals surface area contributed by atoms with Gasteiger partial charge in [0.15, 0.2) is 0 Å². The van der Waals surface area contributed by atoms with E-state index in [1.807, 2.05) is 11.4 Å². The van der Waals surface area contributed by atoms with Crippen molar-refractivity contribution in [2.24, 2.45) is 5.73 Å². The van der Waals surface area contributed by atoms with Crippen LogP contribution in [0.15, 0.2) is 12.4 Å². The second-order valence-corrected chi connectivity index (χ2v) is 5.20. The molecule has 0 aliphatic carbocycles. The van der Waals surface area contributed by atoms with Crippen molar-refractivity contribution in [3.63, 3.8) is 0 Å². The molecule has 0 radical (unpaired) electrons. The number of nitrogens with zero attached hydrogens (tertiary/aromatic N) is 6. The third-order valence-electron chi connectivity index (χ3n) is 3.72. The first-order chi connectivity index (χ1) is 9.78. The standard InChI is InChI=1S/C13H21N7/c1-11-9-12(20-13(17-11)15-10-16-20)19-5-2-4-18(6-3-14)7-8-19/h9-10H,2-8,14H2,1H3. The van der Waals surface area contributed by atoms with Crippen LogP contribution in [0.3, 0.4) is 0 Å². The minimum atomic E-state index is 0.670. The van der Waals surface area contributed by atoms with Gasteiger partial charge in [-0.2, -0.15) is 14.6 Å². The van der Waals surface area contributed by atoms with Crippen LogP contribution in [0, 0.1) is 6.92 Å². The highest BCUT2D eigenvalue weighted by atomic mass is 15.4.